The van der Waals surface area contributed by atoms with Crippen molar-refractivity contribution in [2.75, 3.05) is 0 Å². The third-order valence-electron chi connectivity index (χ3n) is 2.44. The van der Waals surface area contributed by atoms with Gasteiger partial charge >= 0.3 is 0 Å². The second kappa shape index (κ2) is 4.42. The molecule has 0 aromatic carbocycles. The fourth-order valence-corrected chi connectivity index (χ4v) is 1.64. The van der Waals surface area contributed by atoms with Crippen LogP contribution >= 0.6 is 0 Å². The zero-order valence-electron chi connectivity index (χ0n) is 7.53. The van der Waals surface area contributed by atoms with Gasteiger partial charge in [0.2, 0.25) is 0 Å². The Morgan fingerprint density at radius 1 is 1.36 bits per heavy atom. The van der Waals surface area contributed by atoms with E-state index in [9.17, 15) is 0 Å². The Morgan fingerprint density at radius 2 is 2.00 bits per heavy atom. The molecule has 0 spiro atoms. The summed E-state index contributed by atoms with van der Waals surface area (Å²) in [6, 6.07) is 0.733. The van der Waals surface area contributed by atoms with E-state index in [0.717, 1.165) is 12.5 Å². The van der Waals surface area contributed by atoms with Crippen molar-refractivity contribution in [1.82, 2.24) is 5.32 Å². The molecule has 0 aromatic heterocycles. The molecular formula is C10H19N. The van der Waals surface area contributed by atoms with E-state index in [2.05, 4.69) is 18.8 Å². The molecule has 1 fully saturated rings. The van der Waals surface area contributed by atoms with Gasteiger partial charge < -0.3 is 5.32 Å². The van der Waals surface area contributed by atoms with Gasteiger partial charge in [0.15, 0.2) is 0 Å². The molecule has 1 aliphatic carbocycles. The van der Waals surface area contributed by atoms with E-state index in [1.54, 1.807) is 0 Å². The first-order valence-corrected chi connectivity index (χ1v) is 4.77. The van der Waals surface area contributed by atoms with E-state index in [0.29, 0.717) is 0 Å². The minimum atomic E-state index is 0.733. The van der Waals surface area contributed by atoms with Crippen LogP contribution in [0.15, 0.2) is 12.3 Å². The second-order valence-corrected chi connectivity index (χ2v) is 3.44. The lowest BCUT2D eigenvalue weighted by molar-refractivity contribution is 0.394. The molecule has 0 radical (unpaired) electrons. The lowest BCUT2D eigenvalue weighted by Gasteiger charge is -2.24. The van der Waals surface area contributed by atoms with Crippen LogP contribution in [-0.2, 0) is 0 Å². The van der Waals surface area contributed by atoms with Gasteiger partial charge in [-0.1, -0.05) is 32.8 Å². The molecule has 0 amide bonds. The highest BCUT2D eigenvalue weighted by molar-refractivity contribution is 4.92. The lowest BCUT2D eigenvalue weighted by Crippen LogP contribution is -2.29. The van der Waals surface area contributed by atoms with Gasteiger partial charge in [0.05, 0.1) is 0 Å². The minimum absolute atomic E-state index is 0.733. The fraction of sp³-hybridized carbons (Fsp3) is 0.800. The lowest BCUT2D eigenvalue weighted by atomic mass is 9.95. The molecule has 11 heavy (non-hydrogen) atoms. The first-order chi connectivity index (χ1) is 5.33. The highest BCUT2D eigenvalue weighted by Crippen LogP contribution is 2.18. The van der Waals surface area contributed by atoms with Crippen LogP contribution in [0.3, 0.4) is 0 Å². The van der Waals surface area contributed by atoms with Gasteiger partial charge in [-0.2, -0.15) is 0 Å². The molecule has 1 rings (SSSR count). The summed E-state index contributed by atoms with van der Waals surface area (Å²) in [4.78, 5) is 0. The Bertz CT molecular complexity index is 123. The topological polar surface area (TPSA) is 12.0 Å². The van der Waals surface area contributed by atoms with Crippen LogP contribution in [0, 0.1) is 0 Å². The summed E-state index contributed by atoms with van der Waals surface area (Å²) in [5.74, 6) is 0. The van der Waals surface area contributed by atoms with Crippen LogP contribution in [0.25, 0.3) is 0 Å². The number of hydrogen-bond donors (Lipinski definition) is 1. The monoisotopic (exact) mass is 153 g/mol. The number of allylic oxidation sites excluding steroid dienone is 1. The molecule has 1 saturated carbocycles. The normalized spacial score (nSPS) is 19.7. The van der Waals surface area contributed by atoms with Crippen LogP contribution < -0.4 is 5.32 Å². The summed E-state index contributed by atoms with van der Waals surface area (Å²) < 4.78 is 0. The number of nitrogens with one attached hydrogen (secondary N) is 1. The second-order valence-electron chi connectivity index (χ2n) is 3.44. The van der Waals surface area contributed by atoms with Gasteiger partial charge in [-0.05, 0) is 19.3 Å². The summed E-state index contributed by atoms with van der Waals surface area (Å²) in [5.41, 5.74) is 1.21. The van der Waals surface area contributed by atoms with Crippen LogP contribution in [0.1, 0.15) is 45.4 Å². The minimum Gasteiger partial charge on any atom is -0.386 e. The number of hydrogen-bond acceptors (Lipinski definition) is 1. The van der Waals surface area contributed by atoms with E-state index < -0.39 is 0 Å². The highest BCUT2D eigenvalue weighted by Gasteiger charge is 2.12. The predicted molar refractivity (Wildman–Crippen MR) is 49.4 cm³/mol. The summed E-state index contributed by atoms with van der Waals surface area (Å²) in [7, 11) is 0. The molecule has 0 aliphatic heterocycles. The van der Waals surface area contributed by atoms with Gasteiger partial charge in [0, 0.05) is 11.7 Å². The van der Waals surface area contributed by atoms with Gasteiger partial charge in [-0.15, -0.1) is 0 Å². The summed E-state index contributed by atoms with van der Waals surface area (Å²) in [5, 5.41) is 3.47. The molecular weight excluding hydrogens is 134 g/mol. The molecule has 1 nitrogen and oxygen atoms in total. The molecule has 1 heteroatoms. The SMILES string of the molecule is C=C(CC)NC1CCCCC1. The Balaban J connectivity index is 2.19. The number of rotatable bonds is 3. The zero-order chi connectivity index (χ0) is 8.10. The van der Waals surface area contributed by atoms with Crippen molar-refractivity contribution in [1.29, 1.82) is 0 Å². The maximum absolute atomic E-state index is 3.96. The summed E-state index contributed by atoms with van der Waals surface area (Å²) >= 11 is 0. The van der Waals surface area contributed by atoms with Crippen molar-refractivity contribution < 1.29 is 0 Å². The Morgan fingerprint density at radius 3 is 2.55 bits per heavy atom. The van der Waals surface area contributed by atoms with Crippen molar-refractivity contribution in [2.24, 2.45) is 0 Å². The average Bonchev–Trinajstić information content (AvgIpc) is 2.06. The Labute approximate surface area is 69.9 Å². The summed E-state index contributed by atoms with van der Waals surface area (Å²) in [6.07, 6.45) is 7.98. The van der Waals surface area contributed by atoms with Crippen LogP contribution in [0.5, 0.6) is 0 Å². The van der Waals surface area contributed by atoms with Crippen molar-refractivity contribution in [3.05, 3.63) is 12.3 Å². The Hall–Kier alpha value is -0.460. The maximum Gasteiger partial charge on any atom is 0.0258 e. The van der Waals surface area contributed by atoms with E-state index in [1.165, 1.54) is 37.8 Å². The zero-order valence-corrected chi connectivity index (χ0v) is 7.53. The van der Waals surface area contributed by atoms with Crippen LogP contribution in [0.2, 0.25) is 0 Å². The van der Waals surface area contributed by atoms with E-state index >= 15 is 0 Å². The molecule has 1 aliphatic rings. The predicted octanol–water partition coefficient (Wildman–Crippen LogP) is 2.83. The first-order valence-electron chi connectivity index (χ1n) is 4.77. The third-order valence-corrected chi connectivity index (χ3v) is 2.44. The molecule has 0 bridgehead atoms. The molecule has 64 valence electrons. The molecule has 0 heterocycles. The average molecular weight is 153 g/mol. The van der Waals surface area contributed by atoms with Crippen molar-refractivity contribution in [3.63, 3.8) is 0 Å². The van der Waals surface area contributed by atoms with Crippen LogP contribution in [-0.4, -0.2) is 6.04 Å². The quantitative estimate of drug-likeness (QED) is 0.657. The van der Waals surface area contributed by atoms with Crippen molar-refractivity contribution in [3.8, 4) is 0 Å². The third kappa shape index (κ3) is 2.96. The highest BCUT2D eigenvalue weighted by atomic mass is 14.9. The smallest absolute Gasteiger partial charge is 0.0258 e. The van der Waals surface area contributed by atoms with Crippen molar-refractivity contribution >= 4 is 0 Å². The first kappa shape index (κ1) is 8.63. The fourth-order valence-electron chi connectivity index (χ4n) is 1.64. The maximum atomic E-state index is 3.96. The van der Waals surface area contributed by atoms with E-state index in [1.807, 2.05) is 0 Å². The van der Waals surface area contributed by atoms with Crippen molar-refractivity contribution in [2.45, 2.75) is 51.5 Å². The molecule has 1 N–H and O–H groups in total. The summed E-state index contributed by atoms with van der Waals surface area (Å²) in [6.45, 7) is 6.11. The van der Waals surface area contributed by atoms with Gasteiger partial charge in [0.25, 0.3) is 0 Å². The molecule has 0 unspecified atom stereocenters. The Kier molecular flexibility index (Phi) is 3.47. The standard InChI is InChI=1S/C10H19N/c1-3-9(2)11-10-7-5-4-6-8-10/h10-11H,2-8H2,1H3. The molecule has 0 saturated heterocycles. The van der Waals surface area contributed by atoms with Gasteiger partial charge in [-0.3, -0.25) is 0 Å². The van der Waals surface area contributed by atoms with E-state index in [4.69, 9.17) is 0 Å². The molecule has 0 aromatic rings. The largest absolute Gasteiger partial charge is 0.386 e. The van der Waals surface area contributed by atoms with Gasteiger partial charge in [-0.25, -0.2) is 0 Å². The van der Waals surface area contributed by atoms with Gasteiger partial charge in [0.1, 0.15) is 0 Å². The molecule has 0 atom stereocenters. The van der Waals surface area contributed by atoms with E-state index in [-0.39, 0.29) is 0 Å². The van der Waals surface area contributed by atoms with Crippen LogP contribution in [0.4, 0.5) is 0 Å².